The number of hydrogen-bond acceptors (Lipinski definition) is 4. The Hall–Kier alpha value is -2.89. The normalized spacial score (nSPS) is 12.9. The molecule has 6 nitrogen and oxygen atoms in total. The molecule has 1 heterocycles. The van der Waals surface area contributed by atoms with E-state index in [0.717, 1.165) is 68.7 Å². The molecule has 0 saturated carbocycles. The number of nitrogens with one attached hydrogen (secondary N) is 1. The summed E-state index contributed by atoms with van der Waals surface area (Å²) in [5.74, 6) is 3.48. The van der Waals surface area contributed by atoms with Crippen LogP contribution in [0.4, 0.5) is 0 Å². The van der Waals surface area contributed by atoms with Gasteiger partial charge in [0.25, 0.3) is 0 Å². The van der Waals surface area contributed by atoms with Gasteiger partial charge in [-0.15, -0.1) is 0 Å². The fraction of sp³-hybridized carbons (Fsp3) is 0.458. The third-order valence-electron chi connectivity index (χ3n) is 5.30. The molecule has 0 unspecified atom stereocenters. The highest BCUT2D eigenvalue weighted by atomic mass is 16.5. The van der Waals surface area contributed by atoms with Crippen LogP contribution in [0.25, 0.3) is 0 Å². The van der Waals surface area contributed by atoms with Crippen molar-refractivity contribution >= 4 is 5.96 Å². The van der Waals surface area contributed by atoms with Crippen LogP contribution < -0.4 is 19.5 Å². The van der Waals surface area contributed by atoms with Crippen molar-refractivity contribution < 1.29 is 14.2 Å². The molecule has 162 valence electrons. The van der Waals surface area contributed by atoms with E-state index >= 15 is 0 Å². The van der Waals surface area contributed by atoms with Gasteiger partial charge in [-0.2, -0.15) is 0 Å². The van der Waals surface area contributed by atoms with Gasteiger partial charge in [-0.3, -0.25) is 4.99 Å². The summed E-state index contributed by atoms with van der Waals surface area (Å²) < 4.78 is 16.3. The van der Waals surface area contributed by atoms with Gasteiger partial charge in [0.1, 0.15) is 5.75 Å². The number of rotatable bonds is 9. The fourth-order valence-electron chi connectivity index (χ4n) is 3.59. The molecule has 0 fully saturated rings. The van der Waals surface area contributed by atoms with E-state index in [-0.39, 0.29) is 0 Å². The summed E-state index contributed by atoms with van der Waals surface area (Å²) in [5.41, 5.74) is 3.83. The van der Waals surface area contributed by atoms with Crippen LogP contribution in [-0.4, -0.2) is 58.4 Å². The third kappa shape index (κ3) is 5.59. The van der Waals surface area contributed by atoms with Crippen molar-refractivity contribution in [3.63, 3.8) is 0 Å². The monoisotopic (exact) mass is 411 g/mol. The maximum atomic E-state index is 5.59. The molecule has 0 bridgehead atoms. The van der Waals surface area contributed by atoms with Crippen molar-refractivity contribution in [2.24, 2.45) is 4.99 Å². The average molecular weight is 412 g/mol. The van der Waals surface area contributed by atoms with Gasteiger partial charge < -0.3 is 24.4 Å². The summed E-state index contributed by atoms with van der Waals surface area (Å²) >= 11 is 0. The first-order valence-electron chi connectivity index (χ1n) is 10.6. The van der Waals surface area contributed by atoms with Crippen LogP contribution in [0.5, 0.6) is 17.2 Å². The lowest BCUT2D eigenvalue weighted by Crippen LogP contribution is -2.40. The van der Waals surface area contributed by atoms with Crippen molar-refractivity contribution in [3.8, 4) is 17.2 Å². The van der Waals surface area contributed by atoms with Crippen molar-refractivity contribution in [2.45, 2.75) is 26.2 Å². The van der Waals surface area contributed by atoms with E-state index in [1.807, 2.05) is 12.1 Å². The molecule has 0 atom stereocenters. The minimum atomic E-state index is 0.752. The molecule has 3 rings (SSSR count). The minimum Gasteiger partial charge on any atom is -0.493 e. The van der Waals surface area contributed by atoms with Crippen molar-refractivity contribution in [3.05, 3.63) is 53.1 Å². The first-order chi connectivity index (χ1) is 14.6. The highest BCUT2D eigenvalue weighted by Gasteiger charge is 2.12. The molecule has 1 aliphatic rings. The van der Waals surface area contributed by atoms with Crippen molar-refractivity contribution in [2.75, 3.05) is 47.5 Å². The number of aliphatic imine (C=N–C) groups is 1. The summed E-state index contributed by atoms with van der Waals surface area (Å²) in [5, 5.41) is 3.40. The molecule has 6 heteroatoms. The molecule has 2 aromatic rings. The summed E-state index contributed by atoms with van der Waals surface area (Å²) in [7, 11) is 5.40. The summed E-state index contributed by atoms with van der Waals surface area (Å²) in [6, 6.07) is 12.6. The van der Waals surface area contributed by atoms with Crippen LogP contribution in [-0.2, 0) is 19.3 Å². The Morgan fingerprint density at radius 1 is 1.07 bits per heavy atom. The van der Waals surface area contributed by atoms with Crippen molar-refractivity contribution in [1.82, 2.24) is 10.2 Å². The first kappa shape index (κ1) is 21.8. The van der Waals surface area contributed by atoms with E-state index in [4.69, 9.17) is 19.2 Å². The van der Waals surface area contributed by atoms with Crippen LogP contribution in [0.15, 0.2) is 41.4 Å². The molecule has 0 radical (unpaired) electrons. The Labute approximate surface area is 179 Å². The highest BCUT2D eigenvalue weighted by molar-refractivity contribution is 5.79. The van der Waals surface area contributed by atoms with Gasteiger partial charge in [0.15, 0.2) is 17.5 Å². The lowest BCUT2D eigenvalue weighted by molar-refractivity contribution is 0.354. The molecule has 1 aliphatic heterocycles. The lowest BCUT2D eigenvalue weighted by atomic mass is 10.1. The summed E-state index contributed by atoms with van der Waals surface area (Å²) in [6.45, 7) is 5.35. The zero-order valence-electron chi connectivity index (χ0n) is 18.5. The summed E-state index contributed by atoms with van der Waals surface area (Å²) in [4.78, 5) is 7.01. The zero-order valence-corrected chi connectivity index (χ0v) is 18.5. The Morgan fingerprint density at radius 3 is 2.60 bits per heavy atom. The third-order valence-corrected chi connectivity index (χ3v) is 5.30. The number of hydrogen-bond donors (Lipinski definition) is 1. The van der Waals surface area contributed by atoms with Gasteiger partial charge in [0.2, 0.25) is 0 Å². The van der Waals surface area contributed by atoms with Gasteiger partial charge in [-0.05, 0) is 54.7 Å². The highest BCUT2D eigenvalue weighted by Crippen LogP contribution is 2.28. The van der Waals surface area contributed by atoms with Gasteiger partial charge in [0, 0.05) is 33.1 Å². The van der Waals surface area contributed by atoms with Crippen LogP contribution in [0.3, 0.4) is 0 Å². The van der Waals surface area contributed by atoms with E-state index in [1.54, 1.807) is 14.2 Å². The van der Waals surface area contributed by atoms with Crippen molar-refractivity contribution in [1.29, 1.82) is 0 Å². The van der Waals surface area contributed by atoms with E-state index in [0.29, 0.717) is 0 Å². The molecule has 0 aliphatic carbocycles. The van der Waals surface area contributed by atoms with Gasteiger partial charge >= 0.3 is 0 Å². The van der Waals surface area contributed by atoms with Crippen LogP contribution in [0.1, 0.15) is 23.6 Å². The van der Waals surface area contributed by atoms with Crippen LogP contribution >= 0.6 is 0 Å². The molecule has 0 aromatic heterocycles. The van der Waals surface area contributed by atoms with E-state index in [9.17, 15) is 0 Å². The first-order valence-corrected chi connectivity index (χ1v) is 10.6. The molecule has 0 amide bonds. The number of fused-ring (bicyclic) bond motifs is 1. The molecular weight excluding hydrogens is 378 g/mol. The second kappa shape index (κ2) is 10.8. The Bertz CT molecular complexity index is 867. The van der Waals surface area contributed by atoms with E-state index in [1.165, 1.54) is 16.7 Å². The SMILES string of the molecule is CCNC(=NCCc1ccc2c(c1)CCO2)N(C)CCc1ccc(OC)c(OC)c1. The number of ether oxygens (including phenoxy) is 3. The standard InChI is InChI=1S/C24H33N3O3/c1-5-25-24(26-13-10-18-6-8-21-20(16-18)12-15-30-21)27(2)14-11-19-7-9-22(28-3)23(17-19)29-4/h6-9,16-17H,5,10-15H2,1-4H3,(H,25,26). The maximum Gasteiger partial charge on any atom is 0.193 e. The molecule has 30 heavy (non-hydrogen) atoms. The molecule has 2 aromatic carbocycles. The smallest absolute Gasteiger partial charge is 0.193 e. The molecular formula is C24H33N3O3. The Morgan fingerprint density at radius 2 is 1.83 bits per heavy atom. The molecule has 1 N–H and O–H groups in total. The number of guanidine groups is 1. The van der Waals surface area contributed by atoms with Gasteiger partial charge in [-0.25, -0.2) is 0 Å². The number of nitrogens with zero attached hydrogens (tertiary/aromatic N) is 2. The van der Waals surface area contributed by atoms with Gasteiger partial charge in [-0.1, -0.05) is 18.2 Å². The fourth-order valence-corrected chi connectivity index (χ4v) is 3.59. The number of benzene rings is 2. The predicted molar refractivity (Wildman–Crippen MR) is 121 cm³/mol. The Balaban J connectivity index is 1.56. The summed E-state index contributed by atoms with van der Waals surface area (Å²) in [6.07, 6.45) is 2.83. The van der Waals surface area contributed by atoms with E-state index in [2.05, 4.69) is 48.5 Å². The van der Waals surface area contributed by atoms with Crippen LogP contribution in [0, 0.1) is 0 Å². The topological polar surface area (TPSA) is 55.3 Å². The number of methoxy groups -OCH3 is 2. The Kier molecular flexibility index (Phi) is 7.82. The number of likely N-dealkylation sites (N-methyl/N-ethyl adjacent to an activating group) is 1. The zero-order chi connectivity index (χ0) is 21.3. The minimum absolute atomic E-state index is 0.752. The second-order valence-electron chi connectivity index (χ2n) is 7.39. The largest absolute Gasteiger partial charge is 0.493 e. The molecule has 0 spiro atoms. The average Bonchev–Trinajstić information content (AvgIpc) is 3.24. The lowest BCUT2D eigenvalue weighted by Gasteiger charge is -2.22. The van der Waals surface area contributed by atoms with Gasteiger partial charge in [0.05, 0.1) is 20.8 Å². The van der Waals surface area contributed by atoms with Crippen LogP contribution in [0.2, 0.25) is 0 Å². The second-order valence-corrected chi connectivity index (χ2v) is 7.39. The van der Waals surface area contributed by atoms with E-state index < -0.39 is 0 Å². The predicted octanol–water partition coefficient (Wildman–Crippen LogP) is 3.32. The molecule has 0 saturated heterocycles. The quantitative estimate of drug-likeness (QED) is 0.507. The maximum absolute atomic E-state index is 5.59.